The van der Waals surface area contributed by atoms with Crippen LogP contribution in [0.15, 0.2) is 54.6 Å². The summed E-state index contributed by atoms with van der Waals surface area (Å²) in [7, 11) is 0. The zero-order chi connectivity index (χ0) is 13.0. The van der Waals surface area contributed by atoms with Crippen molar-refractivity contribution in [3.05, 3.63) is 71.3 Å². The van der Waals surface area contributed by atoms with E-state index in [1.165, 1.54) is 11.1 Å². The average molecular weight is 239 g/mol. The molecule has 2 aromatic rings. The number of nitrogens with two attached hydrogens (primary N) is 1. The molecule has 0 aliphatic carbocycles. The Morgan fingerprint density at radius 2 is 1.72 bits per heavy atom. The van der Waals surface area contributed by atoms with Crippen LogP contribution in [0.2, 0.25) is 0 Å². The summed E-state index contributed by atoms with van der Waals surface area (Å²) in [5, 5.41) is 0. The second kappa shape index (κ2) is 5.50. The Bertz CT molecular complexity index is 534. The van der Waals surface area contributed by atoms with E-state index in [1.54, 1.807) is 0 Å². The third kappa shape index (κ3) is 2.98. The lowest BCUT2D eigenvalue weighted by atomic mass is 9.96. The molecule has 18 heavy (non-hydrogen) atoms. The molecule has 0 heterocycles. The molecule has 2 heteroatoms. The van der Waals surface area contributed by atoms with Gasteiger partial charge in [0.05, 0.1) is 5.92 Å². The lowest BCUT2D eigenvalue weighted by Gasteiger charge is -2.09. The maximum atomic E-state index is 11.2. The van der Waals surface area contributed by atoms with Gasteiger partial charge in [-0.3, -0.25) is 4.79 Å². The average Bonchev–Trinajstić information content (AvgIpc) is 2.39. The fourth-order valence-electron chi connectivity index (χ4n) is 1.97. The van der Waals surface area contributed by atoms with Gasteiger partial charge < -0.3 is 5.73 Å². The van der Waals surface area contributed by atoms with Crippen molar-refractivity contribution in [2.75, 3.05) is 0 Å². The van der Waals surface area contributed by atoms with Crippen LogP contribution in [-0.4, -0.2) is 5.91 Å². The third-order valence-corrected chi connectivity index (χ3v) is 3.13. The lowest BCUT2D eigenvalue weighted by molar-refractivity contribution is -0.119. The molecule has 1 amide bonds. The highest BCUT2D eigenvalue weighted by molar-refractivity contribution is 5.81. The van der Waals surface area contributed by atoms with Gasteiger partial charge in [-0.2, -0.15) is 0 Å². The molecule has 0 saturated heterocycles. The van der Waals surface area contributed by atoms with Crippen LogP contribution in [0.4, 0.5) is 0 Å². The first-order valence-corrected chi connectivity index (χ1v) is 6.09. The fourth-order valence-corrected chi connectivity index (χ4v) is 1.97. The summed E-state index contributed by atoms with van der Waals surface area (Å²) in [6, 6.07) is 18.3. The number of rotatable bonds is 4. The van der Waals surface area contributed by atoms with Crippen molar-refractivity contribution in [3.63, 3.8) is 0 Å². The van der Waals surface area contributed by atoms with E-state index >= 15 is 0 Å². The molecule has 0 bridgehead atoms. The molecule has 0 radical (unpaired) electrons. The van der Waals surface area contributed by atoms with E-state index in [9.17, 15) is 4.79 Å². The smallest absolute Gasteiger partial charge is 0.224 e. The van der Waals surface area contributed by atoms with Crippen LogP contribution in [0.25, 0.3) is 0 Å². The monoisotopic (exact) mass is 239 g/mol. The number of hydrogen-bond acceptors (Lipinski definition) is 1. The molecule has 1 atom stereocenters. The first kappa shape index (κ1) is 12.4. The van der Waals surface area contributed by atoms with Crippen molar-refractivity contribution >= 4 is 5.91 Å². The summed E-state index contributed by atoms with van der Waals surface area (Å²) < 4.78 is 0. The fraction of sp³-hybridized carbons (Fsp3) is 0.188. The maximum absolute atomic E-state index is 11.2. The highest BCUT2D eigenvalue weighted by atomic mass is 16.1. The van der Waals surface area contributed by atoms with E-state index < -0.39 is 0 Å². The van der Waals surface area contributed by atoms with Gasteiger partial charge in [-0.05, 0) is 30.0 Å². The summed E-state index contributed by atoms with van der Waals surface area (Å²) >= 11 is 0. The van der Waals surface area contributed by atoms with Crippen molar-refractivity contribution in [2.45, 2.75) is 19.3 Å². The molecule has 2 rings (SSSR count). The standard InChI is InChI=1S/C16H17NO/c1-12(16(17)18)15-9-5-8-14(11-15)10-13-6-3-2-4-7-13/h2-9,11-12H,10H2,1H3,(H2,17,18). The minimum absolute atomic E-state index is 0.235. The van der Waals surface area contributed by atoms with Crippen LogP contribution in [0, 0.1) is 0 Å². The summed E-state index contributed by atoms with van der Waals surface area (Å²) in [6.45, 7) is 1.84. The van der Waals surface area contributed by atoms with Gasteiger partial charge in [0.15, 0.2) is 0 Å². The third-order valence-electron chi connectivity index (χ3n) is 3.13. The van der Waals surface area contributed by atoms with Gasteiger partial charge in [-0.15, -0.1) is 0 Å². The van der Waals surface area contributed by atoms with E-state index in [0.29, 0.717) is 0 Å². The van der Waals surface area contributed by atoms with E-state index in [1.807, 2.05) is 37.3 Å². The van der Waals surface area contributed by atoms with Gasteiger partial charge >= 0.3 is 0 Å². The predicted octanol–water partition coefficient (Wildman–Crippen LogP) is 2.87. The van der Waals surface area contributed by atoms with Crippen LogP contribution >= 0.6 is 0 Å². The quantitative estimate of drug-likeness (QED) is 0.876. The van der Waals surface area contributed by atoms with Crippen molar-refractivity contribution in [3.8, 4) is 0 Å². The number of hydrogen-bond donors (Lipinski definition) is 1. The number of amides is 1. The number of benzene rings is 2. The van der Waals surface area contributed by atoms with Gasteiger partial charge in [0, 0.05) is 0 Å². The van der Waals surface area contributed by atoms with Crippen molar-refractivity contribution in [1.29, 1.82) is 0 Å². The maximum Gasteiger partial charge on any atom is 0.224 e. The highest BCUT2D eigenvalue weighted by Crippen LogP contribution is 2.18. The Balaban J connectivity index is 2.20. The summed E-state index contributed by atoms with van der Waals surface area (Å²) in [5.74, 6) is -0.521. The molecule has 2 nitrogen and oxygen atoms in total. The predicted molar refractivity (Wildman–Crippen MR) is 73.3 cm³/mol. The largest absolute Gasteiger partial charge is 0.369 e. The van der Waals surface area contributed by atoms with E-state index in [0.717, 1.165) is 12.0 Å². The Morgan fingerprint density at radius 1 is 1.06 bits per heavy atom. The van der Waals surface area contributed by atoms with Crippen LogP contribution in [0.5, 0.6) is 0 Å². The molecular weight excluding hydrogens is 222 g/mol. The van der Waals surface area contributed by atoms with Crippen molar-refractivity contribution < 1.29 is 4.79 Å². The second-order valence-electron chi connectivity index (χ2n) is 4.53. The van der Waals surface area contributed by atoms with Gasteiger partial charge in [0.1, 0.15) is 0 Å². The van der Waals surface area contributed by atoms with Crippen LogP contribution in [0.3, 0.4) is 0 Å². The molecule has 2 N–H and O–H groups in total. The molecule has 92 valence electrons. The highest BCUT2D eigenvalue weighted by Gasteiger charge is 2.11. The molecule has 0 saturated carbocycles. The molecule has 0 aromatic heterocycles. The molecular formula is C16H17NO. The molecule has 1 unspecified atom stereocenters. The minimum Gasteiger partial charge on any atom is -0.369 e. The summed E-state index contributed by atoms with van der Waals surface area (Å²) in [6.07, 6.45) is 0.875. The van der Waals surface area contributed by atoms with Gasteiger partial charge in [0.2, 0.25) is 5.91 Å². The first-order chi connectivity index (χ1) is 8.66. The van der Waals surface area contributed by atoms with Gasteiger partial charge in [-0.1, -0.05) is 54.6 Å². The SMILES string of the molecule is CC(C(N)=O)c1cccc(Cc2ccccc2)c1. The first-order valence-electron chi connectivity index (χ1n) is 6.09. The molecule has 0 aliphatic heterocycles. The Hall–Kier alpha value is -2.09. The zero-order valence-corrected chi connectivity index (χ0v) is 10.5. The molecule has 0 spiro atoms. The van der Waals surface area contributed by atoms with E-state index in [2.05, 4.69) is 24.3 Å². The summed E-state index contributed by atoms with van der Waals surface area (Å²) in [5.41, 5.74) is 8.78. The van der Waals surface area contributed by atoms with Crippen LogP contribution < -0.4 is 5.73 Å². The lowest BCUT2D eigenvalue weighted by Crippen LogP contribution is -2.18. The Labute approximate surface area is 107 Å². The summed E-state index contributed by atoms with van der Waals surface area (Å²) in [4.78, 5) is 11.2. The van der Waals surface area contributed by atoms with Crippen LogP contribution in [0.1, 0.15) is 29.5 Å². The van der Waals surface area contributed by atoms with Crippen molar-refractivity contribution in [1.82, 2.24) is 0 Å². The second-order valence-corrected chi connectivity index (χ2v) is 4.53. The molecule has 0 aliphatic rings. The molecule has 2 aromatic carbocycles. The number of carbonyl (C=O) groups is 1. The van der Waals surface area contributed by atoms with Gasteiger partial charge in [0.25, 0.3) is 0 Å². The van der Waals surface area contributed by atoms with Crippen molar-refractivity contribution in [2.24, 2.45) is 5.73 Å². The van der Waals surface area contributed by atoms with E-state index in [4.69, 9.17) is 5.73 Å². The topological polar surface area (TPSA) is 43.1 Å². The Kier molecular flexibility index (Phi) is 3.78. The van der Waals surface area contributed by atoms with E-state index in [-0.39, 0.29) is 11.8 Å². The van der Waals surface area contributed by atoms with Gasteiger partial charge in [-0.25, -0.2) is 0 Å². The number of primary amides is 1. The normalized spacial score (nSPS) is 12.1. The zero-order valence-electron chi connectivity index (χ0n) is 10.5. The minimum atomic E-state index is -0.285. The number of carbonyl (C=O) groups excluding carboxylic acids is 1. The van der Waals surface area contributed by atoms with Crippen LogP contribution in [-0.2, 0) is 11.2 Å². The molecule has 0 fully saturated rings. The Morgan fingerprint density at radius 3 is 2.39 bits per heavy atom.